The van der Waals surface area contributed by atoms with Crippen LogP contribution in [0.4, 0.5) is 0 Å². The molecule has 0 aromatic heterocycles. The number of nitrogens with zero attached hydrogens (tertiary/aromatic N) is 2. The van der Waals surface area contributed by atoms with Crippen molar-refractivity contribution in [2.45, 2.75) is 0 Å². The molecule has 0 bridgehead atoms. The van der Waals surface area contributed by atoms with Gasteiger partial charge < -0.3 is 9.66 Å². The molecule has 16 heavy (non-hydrogen) atoms. The zero-order valence-electron chi connectivity index (χ0n) is 9.63. The van der Waals surface area contributed by atoms with Gasteiger partial charge in [0, 0.05) is 39.3 Å². The Morgan fingerprint density at radius 3 is 1.88 bits per heavy atom. The fourth-order valence-corrected chi connectivity index (χ4v) is 2.10. The zero-order valence-corrected chi connectivity index (χ0v) is 12.4. The zero-order chi connectivity index (χ0) is 11.3. The topological polar surface area (TPSA) is 83.9 Å². The summed E-state index contributed by atoms with van der Waals surface area (Å²) in [7, 11) is -4.09. The van der Waals surface area contributed by atoms with Crippen molar-refractivity contribution in [3.05, 3.63) is 0 Å². The Labute approximate surface area is 119 Å². The van der Waals surface area contributed by atoms with E-state index >= 15 is 0 Å². The molecule has 0 aliphatic carbocycles. The summed E-state index contributed by atoms with van der Waals surface area (Å²) >= 11 is 0. The maximum atomic E-state index is 10.4. The average Bonchev–Trinajstić information content (AvgIpc) is 2.16. The van der Waals surface area contributed by atoms with Crippen LogP contribution in [0.25, 0.3) is 0 Å². The summed E-state index contributed by atoms with van der Waals surface area (Å²) in [4.78, 5) is 4.07. The summed E-state index contributed by atoms with van der Waals surface area (Å²) in [5.74, 6) is -0.312. The molecule has 0 saturated carbocycles. The minimum absolute atomic E-state index is 0. The van der Waals surface area contributed by atoms with Crippen LogP contribution in [0.5, 0.6) is 0 Å². The minimum Gasteiger partial charge on any atom is -0.748 e. The molecule has 1 N–H and O–H groups in total. The fraction of sp³-hybridized carbons (Fsp3) is 1.00. The number of hydrogen-bond donors (Lipinski definition) is 1. The first-order chi connectivity index (χ1) is 7.01. The van der Waals surface area contributed by atoms with Gasteiger partial charge in [-0.05, 0) is 0 Å². The molecule has 1 aliphatic rings. The number of hydrogen-bond acceptors (Lipinski definition) is 6. The number of piperazine rings is 1. The van der Waals surface area contributed by atoms with E-state index in [2.05, 4.69) is 4.90 Å². The number of aliphatic hydroxyl groups is 1. The van der Waals surface area contributed by atoms with Crippen molar-refractivity contribution in [1.82, 2.24) is 9.80 Å². The molecule has 0 amide bonds. The van der Waals surface area contributed by atoms with Crippen molar-refractivity contribution >= 4 is 10.1 Å². The van der Waals surface area contributed by atoms with Gasteiger partial charge in [-0.15, -0.1) is 0 Å². The molecule has 1 fully saturated rings. The Hall–Kier alpha value is 0.790. The van der Waals surface area contributed by atoms with Gasteiger partial charge in [0.15, 0.2) is 0 Å². The largest absolute Gasteiger partial charge is 1.00 e. The van der Waals surface area contributed by atoms with E-state index in [9.17, 15) is 13.0 Å². The second-order valence-corrected chi connectivity index (χ2v) is 5.19. The second kappa shape index (κ2) is 7.99. The van der Waals surface area contributed by atoms with Gasteiger partial charge in [-0.1, -0.05) is 0 Å². The number of β-amino-alcohol motifs (C(OH)–C–C–N with tert-alkyl or cyclic N) is 1. The summed E-state index contributed by atoms with van der Waals surface area (Å²) in [6.45, 7) is 4.28. The molecular formula is C8H17N2NaO4S. The molecule has 0 aromatic rings. The van der Waals surface area contributed by atoms with Crippen molar-refractivity contribution in [1.29, 1.82) is 0 Å². The Morgan fingerprint density at radius 2 is 1.50 bits per heavy atom. The molecule has 1 heterocycles. The predicted octanol–water partition coefficient (Wildman–Crippen LogP) is -4.85. The third-order valence-electron chi connectivity index (χ3n) is 2.54. The number of rotatable bonds is 5. The first-order valence-electron chi connectivity index (χ1n) is 5.00. The van der Waals surface area contributed by atoms with Gasteiger partial charge in [-0.3, -0.25) is 9.80 Å². The molecule has 1 rings (SSSR count). The minimum atomic E-state index is -4.09. The third kappa shape index (κ3) is 7.18. The first-order valence-corrected chi connectivity index (χ1v) is 6.58. The first kappa shape index (κ1) is 16.8. The van der Waals surface area contributed by atoms with Gasteiger partial charge in [-0.2, -0.15) is 0 Å². The third-order valence-corrected chi connectivity index (χ3v) is 3.22. The van der Waals surface area contributed by atoms with Crippen molar-refractivity contribution in [2.75, 3.05) is 51.6 Å². The molecule has 6 nitrogen and oxygen atoms in total. The molecule has 8 heteroatoms. The molecule has 0 radical (unpaired) electrons. The summed E-state index contributed by atoms with van der Waals surface area (Å²) in [6, 6.07) is 0. The maximum absolute atomic E-state index is 10.4. The summed E-state index contributed by atoms with van der Waals surface area (Å²) in [5, 5.41) is 8.72. The quantitative estimate of drug-likeness (QED) is 0.394. The van der Waals surface area contributed by atoms with Crippen molar-refractivity contribution in [2.24, 2.45) is 0 Å². The van der Waals surface area contributed by atoms with Gasteiger partial charge in [0.25, 0.3) is 0 Å². The van der Waals surface area contributed by atoms with Gasteiger partial charge >= 0.3 is 29.6 Å². The van der Waals surface area contributed by atoms with E-state index in [1.165, 1.54) is 0 Å². The smallest absolute Gasteiger partial charge is 0.748 e. The Bertz CT molecular complexity index is 278. The van der Waals surface area contributed by atoms with E-state index < -0.39 is 10.1 Å². The predicted molar refractivity (Wildman–Crippen MR) is 54.5 cm³/mol. The van der Waals surface area contributed by atoms with Crippen LogP contribution in [-0.4, -0.2) is 79.5 Å². The van der Waals surface area contributed by atoms with Crippen LogP contribution in [0.1, 0.15) is 0 Å². The second-order valence-electron chi connectivity index (χ2n) is 3.67. The van der Waals surface area contributed by atoms with Crippen LogP contribution in [0, 0.1) is 0 Å². The van der Waals surface area contributed by atoms with Gasteiger partial charge in [0.1, 0.15) is 0 Å². The Balaban J connectivity index is 0.00000225. The van der Waals surface area contributed by atoms with E-state index in [0.717, 1.165) is 26.2 Å². The van der Waals surface area contributed by atoms with Crippen LogP contribution < -0.4 is 29.6 Å². The van der Waals surface area contributed by atoms with Crippen LogP contribution in [0.3, 0.4) is 0 Å². The SMILES string of the molecule is O=S(=O)([O-])CCN1CCN(CCO)CC1.[Na+]. The molecule has 0 aromatic carbocycles. The van der Waals surface area contributed by atoms with Crippen LogP contribution in [-0.2, 0) is 10.1 Å². The van der Waals surface area contributed by atoms with Gasteiger partial charge in [0.2, 0.25) is 0 Å². The van der Waals surface area contributed by atoms with Crippen molar-refractivity contribution < 1.29 is 47.6 Å². The molecule has 1 aliphatic heterocycles. The van der Waals surface area contributed by atoms with E-state index in [0.29, 0.717) is 13.1 Å². The molecule has 1 saturated heterocycles. The molecular weight excluding hydrogens is 243 g/mol. The Kier molecular flexibility index (Phi) is 8.39. The number of aliphatic hydroxyl groups excluding tert-OH is 1. The molecule has 90 valence electrons. The van der Waals surface area contributed by atoms with Crippen LogP contribution >= 0.6 is 0 Å². The summed E-state index contributed by atoms with van der Waals surface area (Å²) in [6.07, 6.45) is 0. The van der Waals surface area contributed by atoms with Crippen LogP contribution in [0.2, 0.25) is 0 Å². The molecule has 0 spiro atoms. The van der Waals surface area contributed by atoms with E-state index in [1.54, 1.807) is 0 Å². The van der Waals surface area contributed by atoms with E-state index in [-0.39, 0.29) is 41.9 Å². The maximum Gasteiger partial charge on any atom is 1.00 e. The average molecular weight is 260 g/mol. The molecule has 0 unspecified atom stereocenters. The normalized spacial score (nSPS) is 19.4. The van der Waals surface area contributed by atoms with E-state index in [1.807, 2.05) is 4.90 Å². The Morgan fingerprint density at radius 1 is 1.06 bits per heavy atom. The van der Waals surface area contributed by atoms with Crippen molar-refractivity contribution in [3.8, 4) is 0 Å². The fourth-order valence-electron chi connectivity index (χ4n) is 1.62. The monoisotopic (exact) mass is 260 g/mol. The standard InChI is InChI=1S/C8H18N2O4S.Na/c11-7-5-9-1-3-10(4-2-9)6-8-15(12,13)14;/h11H,1-8H2,(H,12,13,14);/q;+1/p-1. The van der Waals surface area contributed by atoms with Gasteiger partial charge in [-0.25, -0.2) is 8.42 Å². The molecule has 0 atom stereocenters. The summed E-state index contributed by atoms with van der Waals surface area (Å²) < 4.78 is 31.2. The van der Waals surface area contributed by atoms with Crippen molar-refractivity contribution in [3.63, 3.8) is 0 Å². The van der Waals surface area contributed by atoms with Gasteiger partial charge in [0.05, 0.1) is 22.5 Å². The van der Waals surface area contributed by atoms with E-state index in [4.69, 9.17) is 5.11 Å². The van der Waals surface area contributed by atoms with Crippen LogP contribution in [0.15, 0.2) is 0 Å². The summed E-state index contributed by atoms with van der Waals surface area (Å²) in [5.41, 5.74) is 0.